The summed E-state index contributed by atoms with van der Waals surface area (Å²) in [5, 5.41) is 8.58. The van der Waals surface area contributed by atoms with Gasteiger partial charge in [-0.05, 0) is 46.0 Å². The van der Waals surface area contributed by atoms with Crippen molar-refractivity contribution in [3.63, 3.8) is 0 Å². The van der Waals surface area contributed by atoms with Crippen molar-refractivity contribution in [2.45, 2.75) is 58.8 Å². The van der Waals surface area contributed by atoms with Gasteiger partial charge in [0, 0.05) is 64.9 Å². The van der Waals surface area contributed by atoms with E-state index in [9.17, 15) is 9.59 Å². The third kappa shape index (κ3) is 7.08. The van der Waals surface area contributed by atoms with Gasteiger partial charge in [0.15, 0.2) is 0 Å². The van der Waals surface area contributed by atoms with Crippen LogP contribution in [-0.2, 0) is 16.1 Å². The lowest BCUT2D eigenvalue weighted by Crippen LogP contribution is -2.40. The van der Waals surface area contributed by atoms with Crippen molar-refractivity contribution in [1.29, 1.82) is 0 Å². The number of ether oxygens (including phenoxy) is 2. The standard InChI is InChI=1S/C24H37N5O4/c1-17(30)29-11-9-18(10-12-29)32-19-7-8-21-20(15-19)22(26-25-21)16-27(5)13-14-28(6)23(31)33-24(2,3)4/h7-8,15,18H,9-14,16H2,1-6H3,(H,25,26). The Morgan fingerprint density at radius 2 is 1.88 bits per heavy atom. The number of H-pyrrole nitrogens is 1. The second-order valence-electron chi connectivity index (χ2n) is 9.84. The van der Waals surface area contributed by atoms with E-state index in [1.54, 1.807) is 18.9 Å². The lowest BCUT2D eigenvalue weighted by molar-refractivity contribution is -0.130. The van der Waals surface area contributed by atoms with Gasteiger partial charge in [-0.1, -0.05) is 0 Å². The molecule has 0 spiro atoms. The van der Waals surface area contributed by atoms with Crippen molar-refractivity contribution in [2.75, 3.05) is 40.3 Å². The number of rotatable bonds is 7. The Morgan fingerprint density at radius 1 is 1.18 bits per heavy atom. The highest BCUT2D eigenvalue weighted by Crippen LogP contribution is 2.25. The average Bonchev–Trinajstić information content (AvgIpc) is 3.13. The second-order valence-corrected chi connectivity index (χ2v) is 9.84. The van der Waals surface area contributed by atoms with Crippen molar-refractivity contribution in [3.05, 3.63) is 23.9 Å². The Labute approximate surface area is 196 Å². The van der Waals surface area contributed by atoms with Crippen LogP contribution < -0.4 is 4.74 Å². The lowest BCUT2D eigenvalue weighted by atomic mass is 10.1. The van der Waals surface area contributed by atoms with Crippen LogP contribution in [0, 0.1) is 0 Å². The normalized spacial score (nSPS) is 15.2. The molecule has 0 atom stereocenters. The molecule has 0 bridgehead atoms. The van der Waals surface area contributed by atoms with Gasteiger partial charge >= 0.3 is 6.09 Å². The molecule has 2 amide bonds. The number of nitrogens with zero attached hydrogens (tertiary/aromatic N) is 4. The van der Waals surface area contributed by atoms with E-state index in [2.05, 4.69) is 15.1 Å². The highest BCUT2D eigenvalue weighted by molar-refractivity contribution is 5.82. The van der Waals surface area contributed by atoms with Crippen LogP contribution in [0.3, 0.4) is 0 Å². The molecule has 1 N–H and O–H groups in total. The molecule has 2 heterocycles. The smallest absolute Gasteiger partial charge is 0.410 e. The van der Waals surface area contributed by atoms with Crippen molar-refractivity contribution in [2.24, 2.45) is 0 Å². The van der Waals surface area contributed by atoms with E-state index in [0.29, 0.717) is 19.6 Å². The third-order valence-corrected chi connectivity index (χ3v) is 5.74. The first-order valence-corrected chi connectivity index (χ1v) is 11.5. The Bertz CT molecular complexity index is 959. The molecule has 1 aromatic heterocycles. The number of carbonyl (C=O) groups excluding carboxylic acids is 2. The maximum absolute atomic E-state index is 12.2. The fraction of sp³-hybridized carbons (Fsp3) is 0.625. The molecule has 9 nitrogen and oxygen atoms in total. The van der Waals surface area contributed by atoms with Gasteiger partial charge in [0.2, 0.25) is 5.91 Å². The minimum absolute atomic E-state index is 0.111. The average molecular weight is 460 g/mol. The quantitative estimate of drug-likeness (QED) is 0.684. The summed E-state index contributed by atoms with van der Waals surface area (Å²) in [6.07, 6.45) is 1.46. The number of aromatic amines is 1. The molecule has 0 saturated carbocycles. The van der Waals surface area contributed by atoms with Crippen LogP contribution in [0.15, 0.2) is 18.2 Å². The zero-order chi connectivity index (χ0) is 24.2. The van der Waals surface area contributed by atoms with Gasteiger partial charge in [-0.3, -0.25) is 14.8 Å². The summed E-state index contributed by atoms with van der Waals surface area (Å²) in [6.45, 7) is 10.6. The molecule has 9 heteroatoms. The molecule has 1 aromatic carbocycles. The first kappa shape index (κ1) is 24.8. The van der Waals surface area contributed by atoms with Gasteiger partial charge in [-0.2, -0.15) is 5.10 Å². The molecule has 33 heavy (non-hydrogen) atoms. The maximum Gasteiger partial charge on any atom is 0.410 e. The van der Waals surface area contributed by atoms with Crippen LogP contribution >= 0.6 is 0 Å². The van der Waals surface area contributed by atoms with Crippen LogP contribution in [0.5, 0.6) is 5.75 Å². The largest absolute Gasteiger partial charge is 0.490 e. The monoisotopic (exact) mass is 459 g/mol. The molecule has 0 aliphatic carbocycles. The molecule has 1 aliphatic heterocycles. The Morgan fingerprint density at radius 3 is 2.52 bits per heavy atom. The number of hydrogen-bond donors (Lipinski definition) is 1. The molecule has 0 radical (unpaired) electrons. The van der Waals surface area contributed by atoms with Gasteiger partial charge in [0.25, 0.3) is 0 Å². The fourth-order valence-electron chi connectivity index (χ4n) is 3.82. The predicted octanol–water partition coefficient (Wildman–Crippen LogP) is 3.25. The van der Waals surface area contributed by atoms with E-state index in [4.69, 9.17) is 9.47 Å². The van der Waals surface area contributed by atoms with Crippen molar-refractivity contribution < 1.29 is 19.1 Å². The van der Waals surface area contributed by atoms with Gasteiger partial charge < -0.3 is 19.3 Å². The second kappa shape index (κ2) is 10.4. The highest BCUT2D eigenvalue weighted by atomic mass is 16.6. The van der Waals surface area contributed by atoms with E-state index in [1.165, 1.54) is 0 Å². The molecule has 1 aliphatic rings. The Balaban J connectivity index is 1.55. The summed E-state index contributed by atoms with van der Waals surface area (Å²) in [5.74, 6) is 0.943. The number of aromatic nitrogens is 2. The number of fused-ring (bicyclic) bond motifs is 1. The first-order chi connectivity index (χ1) is 15.5. The summed E-state index contributed by atoms with van der Waals surface area (Å²) in [4.78, 5) is 29.3. The van der Waals surface area contributed by atoms with Gasteiger partial charge in [0.05, 0.1) is 11.2 Å². The van der Waals surface area contributed by atoms with E-state index in [1.807, 2.05) is 50.9 Å². The number of likely N-dealkylation sites (tertiary alicyclic amines) is 1. The molecule has 0 unspecified atom stereocenters. The summed E-state index contributed by atoms with van der Waals surface area (Å²) in [6, 6.07) is 5.95. The SMILES string of the molecule is CC(=O)N1CCC(Oc2ccc3n[nH]c(CN(C)CCN(C)C(=O)OC(C)(C)C)c3c2)CC1. The van der Waals surface area contributed by atoms with E-state index in [0.717, 1.165) is 48.3 Å². The summed E-state index contributed by atoms with van der Waals surface area (Å²) in [7, 11) is 3.76. The topological polar surface area (TPSA) is 91.0 Å². The number of carbonyl (C=O) groups is 2. The minimum atomic E-state index is -0.504. The zero-order valence-corrected chi connectivity index (χ0v) is 20.7. The number of likely N-dealkylation sites (N-methyl/N-ethyl adjacent to an activating group) is 2. The first-order valence-electron chi connectivity index (χ1n) is 11.5. The third-order valence-electron chi connectivity index (χ3n) is 5.74. The number of piperidine rings is 1. The predicted molar refractivity (Wildman–Crippen MR) is 127 cm³/mol. The van der Waals surface area contributed by atoms with Gasteiger partial charge in [0.1, 0.15) is 17.5 Å². The fourth-order valence-corrected chi connectivity index (χ4v) is 3.82. The van der Waals surface area contributed by atoms with Crippen LogP contribution in [0.1, 0.15) is 46.2 Å². The number of hydrogen-bond acceptors (Lipinski definition) is 6. The molecule has 1 fully saturated rings. The van der Waals surface area contributed by atoms with Crippen molar-refractivity contribution in [1.82, 2.24) is 24.9 Å². The van der Waals surface area contributed by atoms with Gasteiger partial charge in [-0.15, -0.1) is 0 Å². The summed E-state index contributed by atoms with van der Waals surface area (Å²) >= 11 is 0. The molecular formula is C24H37N5O4. The minimum Gasteiger partial charge on any atom is -0.490 e. The Hall–Kier alpha value is -2.81. The number of nitrogens with one attached hydrogen (secondary N) is 1. The van der Waals surface area contributed by atoms with Crippen LogP contribution in [0.2, 0.25) is 0 Å². The van der Waals surface area contributed by atoms with Crippen LogP contribution in [-0.4, -0.2) is 88.9 Å². The molecule has 1 saturated heterocycles. The zero-order valence-electron chi connectivity index (χ0n) is 20.7. The number of amides is 2. The van der Waals surface area contributed by atoms with E-state index >= 15 is 0 Å². The van der Waals surface area contributed by atoms with Gasteiger partial charge in [-0.25, -0.2) is 4.79 Å². The van der Waals surface area contributed by atoms with Crippen molar-refractivity contribution >= 4 is 22.9 Å². The highest BCUT2D eigenvalue weighted by Gasteiger charge is 2.22. The van der Waals surface area contributed by atoms with Crippen LogP contribution in [0.4, 0.5) is 4.79 Å². The number of benzene rings is 1. The van der Waals surface area contributed by atoms with E-state index in [-0.39, 0.29) is 18.1 Å². The van der Waals surface area contributed by atoms with Crippen molar-refractivity contribution in [3.8, 4) is 5.75 Å². The maximum atomic E-state index is 12.2. The van der Waals surface area contributed by atoms with Crippen LogP contribution in [0.25, 0.3) is 10.9 Å². The Kier molecular flexibility index (Phi) is 7.84. The molecule has 3 rings (SSSR count). The molecular weight excluding hydrogens is 422 g/mol. The summed E-state index contributed by atoms with van der Waals surface area (Å²) < 4.78 is 11.6. The molecule has 2 aromatic rings. The van der Waals surface area contributed by atoms with E-state index < -0.39 is 5.60 Å². The molecule has 182 valence electrons. The lowest BCUT2D eigenvalue weighted by Gasteiger charge is -2.31. The summed E-state index contributed by atoms with van der Waals surface area (Å²) in [5.41, 5.74) is 1.39.